The van der Waals surface area contributed by atoms with Crippen LogP contribution in [0.25, 0.3) is 0 Å². The first kappa shape index (κ1) is 9.68. The fourth-order valence-corrected chi connectivity index (χ4v) is 3.28. The van der Waals surface area contributed by atoms with Gasteiger partial charge >= 0.3 is 0 Å². The van der Waals surface area contributed by atoms with Gasteiger partial charge in [-0.25, -0.2) is 8.42 Å². The lowest BCUT2D eigenvalue weighted by Crippen LogP contribution is -2.10. The van der Waals surface area contributed by atoms with E-state index in [9.17, 15) is 8.42 Å². The molecule has 1 unspecified atom stereocenters. The Kier molecular flexibility index (Phi) is 2.12. The quantitative estimate of drug-likeness (QED) is 0.693. The van der Waals surface area contributed by atoms with E-state index in [-0.39, 0.29) is 12.1 Å². The van der Waals surface area contributed by atoms with Crippen LogP contribution < -0.4 is 0 Å². The first-order chi connectivity index (χ1) is 6.52. The third-order valence-corrected chi connectivity index (χ3v) is 3.89. The highest BCUT2D eigenvalue weighted by Gasteiger charge is 2.50. The highest BCUT2D eigenvalue weighted by atomic mass is 32.2. The van der Waals surface area contributed by atoms with E-state index in [0.29, 0.717) is 0 Å². The van der Waals surface area contributed by atoms with E-state index >= 15 is 0 Å². The van der Waals surface area contributed by atoms with Gasteiger partial charge in [0.15, 0.2) is 0 Å². The molecule has 76 valence electrons. The lowest BCUT2D eigenvalue weighted by molar-refractivity contribution is 0.555. The zero-order chi connectivity index (χ0) is 10.3. The number of nitrogens with zero attached hydrogens (tertiary/aromatic N) is 1. The SMILES string of the molecule is C[C@@H]1[C@@H](c2ccccc2)N1S(C)(=O)=O. The number of hydrogen-bond donors (Lipinski definition) is 0. The van der Waals surface area contributed by atoms with Crippen molar-refractivity contribution < 1.29 is 8.42 Å². The third kappa shape index (κ3) is 1.55. The normalized spacial score (nSPS) is 31.4. The molecular weight excluding hydrogens is 198 g/mol. The summed E-state index contributed by atoms with van der Waals surface area (Å²) in [6.45, 7) is 1.93. The molecule has 1 heterocycles. The average molecular weight is 211 g/mol. The summed E-state index contributed by atoms with van der Waals surface area (Å²) in [5.74, 6) is 0. The van der Waals surface area contributed by atoms with Crippen molar-refractivity contribution in [1.82, 2.24) is 4.31 Å². The van der Waals surface area contributed by atoms with Gasteiger partial charge in [0.25, 0.3) is 0 Å². The van der Waals surface area contributed by atoms with E-state index in [1.807, 2.05) is 37.3 Å². The van der Waals surface area contributed by atoms with Crippen LogP contribution in [-0.4, -0.2) is 25.0 Å². The average Bonchev–Trinajstić information content (AvgIpc) is 2.78. The minimum atomic E-state index is -3.04. The summed E-state index contributed by atoms with van der Waals surface area (Å²) in [5, 5.41) is 0. The van der Waals surface area contributed by atoms with Crippen molar-refractivity contribution in [3.63, 3.8) is 0 Å². The first-order valence-electron chi connectivity index (χ1n) is 4.55. The molecule has 4 heteroatoms. The largest absolute Gasteiger partial charge is 0.212 e. The maximum absolute atomic E-state index is 11.3. The maximum atomic E-state index is 11.3. The van der Waals surface area contributed by atoms with Crippen molar-refractivity contribution in [1.29, 1.82) is 0 Å². The second-order valence-electron chi connectivity index (χ2n) is 3.69. The Morgan fingerprint density at radius 1 is 1.21 bits per heavy atom. The summed E-state index contributed by atoms with van der Waals surface area (Å²) in [6.07, 6.45) is 1.26. The predicted molar refractivity (Wildman–Crippen MR) is 55.3 cm³/mol. The van der Waals surface area contributed by atoms with E-state index in [1.54, 1.807) is 0 Å². The van der Waals surface area contributed by atoms with Crippen molar-refractivity contribution in [3.05, 3.63) is 35.9 Å². The molecule has 1 fully saturated rings. The van der Waals surface area contributed by atoms with Crippen LogP contribution in [0.4, 0.5) is 0 Å². The molecule has 1 aromatic rings. The van der Waals surface area contributed by atoms with E-state index in [2.05, 4.69) is 0 Å². The van der Waals surface area contributed by atoms with Gasteiger partial charge in [-0.1, -0.05) is 30.3 Å². The van der Waals surface area contributed by atoms with Crippen LogP contribution in [0.3, 0.4) is 0 Å². The van der Waals surface area contributed by atoms with Gasteiger partial charge in [-0.05, 0) is 12.5 Å². The zero-order valence-electron chi connectivity index (χ0n) is 8.21. The standard InChI is InChI=1S/C10H13NO2S/c1-8-10(11(8)14(2,12)13)9-6-4-3-5-7-9/h3-8,10H,1-2H3/t8-,10+,11?/m1/s1. The van der Waals surface area contributed by atoms with Crippen LogP contribution in [0.1, 0.15) is 18.5 Å². The van der Waals surface area contributed by atoms with Crippen molar-refractivity contribution in [2.45, 2.75) is 19.0 Å². The molecular formula is C10H13NO2S. The second-order valence-corrected chi connectivity index (χ2v) is 5.58. The van der Waals surface area contributed by atoms with Crippen molar-refractivity contribution in [2.24, 2.45) is 0 Å². The Bertz CT molecular complexity index is 427. The Hall–Kier alpha value is -0.870. The molecule has 0 N–H and O–H groups in total. The molecule has 0 spiro atoms. The zero-order valence-corrected chi connectivity index (χ0v) is 9.03. The van der Waals surface area contributed by atoms with Gasteiger partial charge in [-0.2, -0.15) is 4.31 Å². The van der Waals surface area contributed by atoms with Crippen LogP contribution >= 0.6 is 0 Å². The molecule has 14 heavy (non-hydrogen) atoms. The van der Waals surface area contributed by atoms with E-state index < -0.39 is 10.0 Å². The third-order valence-electron chi connectivity index (χ3n) is 2.57. The molecule has 1 aliphatic heterocycles. The fraction of sp³-hybridized carbons (Fsp3) is 0.400. The van der Waals surface area contributed by atoms with Crippen LogP contribution in [0.2, 0.25) is 0 Å². The van der Waals surface area contributed by atoms with Crippen LogP contribution in [-0.2, 0) is 10.0 Å². The molecule has 0 amide bonds. The Labute approximate surface area is 84.4 Å². The van der Waals surface area contributed by atoms with E-state index in [1.165, 1.54) is 10.6 Å². The van der Waals surface area contributed by atoms with Crippen molar-refractivity contribution in [2.75, 3.05) is 6.26 Å². The summed E-state index contributed by atoms with van der Waals surface area (Å²) < 4.78 is 24.2. The van der Waals surface area contributed by atoms with Crippen molar-refractivity contribution in [3.8, 4) is 0 Å². The minimum Gasteiger partial charge on any atom is -0.212 e. The van der Waals surface area contributed by atoms with Crippen LogP contribution in [0.15, 0.2) is 30.3 Å². The van der Waals surface area contributed by atoms with Crippen LogP contribution in [0.5, 0.6) is 0 Å². The molecule has 1 aromatic carbocycles. The molecule has 1 saturated heterocycles. The summed E-state index contributed by atoms with van der Waals surface area (Å²) >= 11 is 0. The van der Waals surface area contributed by atoms with Gasteiger partial charge in [-0.15, -0.1) is 0 Å². The first-order valence-corrected chi connectivity index (χ1v) is 6.40. The monoisotopic (exact) mass is 211 g/mol. The summed E-state index contributed by atoms with van der Waals surface area (Å²) in [5.41, 5.74) is 1.07. The summed E-state index contributed by atoms with van der Waals surface area (Å²) in [7, 11) is -3.04. The van der Waals surface area contributed by atoms with Gasteiger partial charge in [0.1, 0.15) is 0 Å². The predicted octanol–water partition coefficient (Wildman–Crippen LogP) is 1.39. The second kappa shape index (κ2) is 3.07. The van der Waals surface area contributed by atoms with Crippen LogP contribution in [0, 0.1) is 0 Å². The summed E-state index contributed by atoms with van der Waals surface area (Å²) in [4.78, 5) is 0. The van der Waals surface area contributed by atoms with Gasteiger partial charge in [0.05, 0.1) is 12.3 Å². The molecule has 3 atom stereocenters. The molecule has 0 saturated carbocycles. The number of benzene rings is 1. The van der Waals surface area contributed by atoms with Gasteiger partial charge < -0.3 is 0 Å². The van der Waals surface area contributed by atoms with E-state index in [0.717, 1.165) is 5.56 Å². The lowest BCUT2D eigenvalue weighted by Gasteiger charge is -1.99. The highest BCUT2D eigenvalue weighted by Crippen LogP contribution is 2.44. The molecule has 0 bridgehead atoms. The molecule has 0 aliphatic carbocycles. The van der Waals surface area contributed by atoms with Crippen molar-refractivity contribution >= 4 is 10.0 Å². The molecule has 3 nitrogen and oxygen atoms in total. The van der Waals surface area contributed by atoms with Gasteiger partial charge in [0, 0.05) is 6.04 Å². The lowest BCUT2D eigenvalue weighted by atomic mass is 10.1. The number of sulfonamides is 1. The van der Waals surface area contributed by atoms with Gasteiger partial charge in [-0.3, -0.25) is 0 Å². The topological polar surface area (TPSA) is 37.1 Å². The highest BCUT2D eigenvalue weighted by molar-refractivity contribution is 7.88. The number of rotatable bonds is 2. The smallest absolute Gasteiger partial charge is 0.212 e. The molecule has 1 aliphatic rings. The molecule has 0 radical (unpaired) electrons. The Morgan fingerprint density at radius 2 is 1.79 bits per heavy atom. The maximum Gasteiger partial charge on any atom is 0.212 e. The summed E-state index contributed by atoms with van der Waals surface area (Å²) in [6, 6.07) is 9.88. The molecule has 0 aromatic heterocycles. The van der Waals surface area contributed by atoms with Gasteiger partial charge in [0.2, 0.25) is 10.0 Å². The Morgan fingerprint density at radius 3 is 2.21 bits per heavy atom. The minimum absolute atomic E-state index is 0.0474. The number of hydrogen-bond acceptors (Lipinski definition) is 2. The Balaban J connectivity index is 2.26. The van der Waals surface area contributed by atoms with E-state index in [4.69, 9.17) is 0 Å². The fourth-order valence-electron chi connectivity index (χ4n) is 1.91. The molecule has 2 rings (SSSR count).